The van der Waals surface area contributed by atoms with E-state index in [2.05, 4.69) is 25.6 Å². The molecule has 0 aromatic carbocycles. The van der Waals surface area contributed by atoms with E-state index in [1.54, 1.807) is 17.5 Å². The summed E-state index contributed by atoms with van der Waals surface area (Å²) >= 11 is 1.62. The molecule has 2 aromatic heterocycles. The lowest BCUT2D eigenvalue weighted by Gasteiger charge is -2.06. The highest BCUT2D eigenvalue weighted by Crippen LogP contribution is 2.13. The number of aromatic nitrogens is 3. The molecule has 0 saturated heterocycles. The number of anilines is 2. The number of aryl methyl sites for hydroxylation is 2. The maximum absolute atomic E-state index is 4.32. The predicted octanol–water partition coefficient (Wildman–Crippen LogP) is 2.07. The highest BCUT2D eigenvalue weighted by Gasteiger charge is 1.97. The summed E-state index contributed by atoms with van der Waals surface area (Å²) in [6.07, 6.45) is 1.75. The van der Waals surface area contributed by atoms with E-state index in [0.29, 0.717) is 0 Å². The number of hydrogen-bond acceptors (Lipinski definition) is 6. The van der Waals surface area contributed by atoms with Gasteiger partial charge in [0.05, 0.1) is 5.69 Å². The smallest absolute Gasteiger partial charge is 0.182 e. The molecule has 0 fully saturated rings. The van der Waals surface area contributed by atoms with Crippen LogP contribution in [0, 0.1) is 13.8 Å². The first-order valence-electron chi connectivity index (χ1n) is 5.43. The molecule has 0 bridgehead atoms. The standard InChI is InChI=1S/C11H15N5S/c1-8-7-17-11(15-8)14-6-5-13-10-3-4-12-9(2)16-10/h3-4,7H,5-6H2,1-2H3,(H,14,15)(H,12,13,16). The number of hydrogen-bond donors (Lipinski definition) is 2. The number of nitrogens with one attached hydrogen (secondary N) is 2. The second-order valence-electron chi connectivity index (χ2n) is 3.64. The first-order valence-corrected chi connectivity index (χ1v) is 6.31. The Morgan fingerprint density at radius 2 is 2.00 bits per heavy atom. The van der Waals surface area contributed by atoms with Gasteiger partial charge in [0, 0.05) is 24.7 Å². The molecule has 5 nitrogen and oxygen atoms in total. The van der Waals surface area contributed by atoms with Crippen molar-refractivity contribution in [3.05, 3.63) is 29.2 Å². The topological polar surface area (TPSA) is 62.7 Å². The van der Waals surface area contributed by atoms with Crippen molar-refractivity contribution in [2.75, 3.05) is 23.7 Å². The van der Waals surface area contributed by atoms with Crippen LogP contribution in [0.1, 0.15) is 11.5 Å². The fourth-order valence-corrected chi connectivity index (χ4v) is 2.07. The van der Waals surface area contributed by atoms with Gasteiger partial charge in [-0.15, -0.1) is 11.3 Å². The van der Waals surface area contributed by atoms with Crippen LogP contribution in [0.15, 0.2) is 17.6 Å². The quantitative estimate of drug-likeness (QED) is 0.794. The lowest BCUT2D eigenvalue weighted by atomic mass is 10.5. The summed E-state index contributed by atoms with van der Waals surface area (Å²) in [6.45, 7) is 5.48. The molecule has 0 saturated carbocycles. The van der Waals surface area contributed by atoms with Gasteiger partial charge in [0.2, 0.25) is 0 Å². The minimum absolute atomic E-state index is 0.776. The molecule has 6 heteroatoms. The molecule has 17 heavy (non-hydrogen) atoms. The van der Waals surface area contributed by atoms with E-state index in [-0.39, 0.29) is 0 Å². The van der Waals surface area contributed by atoms with E-state index in [1.807, 2.05) is 25.3 Å². The molecule has 0 atom stereocenters. The molecule has 0 unspecified atom stereocenters. The molecule has 0 aliphatic heterocycles. The summed E-state index contributed by atoms with van der Waals surface area (Å²) in [4.78, 5) is 12.6. The van der Waals surface area contributed by atoms with Gasteiger partial charge in [0.1, 0.15) is 11.6 Å². The third-order valence-corrected chi connectivity index (χ3v) is 3.02. The molecule has 2 rings (SSSR count). The van der Waals surface area contributed by atoms with Crippen LogP contribution >= 0.6 is 11.3 Å². The minimum atomic E-state index is 0.776. The van der Waals surface area contributed by atoms with Gasteiger partial charge in [-0.25, -0.2) is 15.0 Å². The first kappa shape index (κ1) is 11.8. The van der Waals surface area contributed by atoms with Crippen LogP contribution in [0.25, 0.3) is 0 Å². The van der Waals surface area contributed by atoms with Gasteiger partial charge >= 0.3 is 0 Å². The Kier molecular flexibility index (Phi) is 3.87. The van der Waals surface area contributed by atoms with E-state index in [4.69, 9.17) is 0 Å². The molecule has 0 aliphatic rings. The molecular weight excluding hydrogens is 234 g/mol. The highest BCUT2D eigenvalue weighted by atomic mass is 32.1. The summed E-state index contributed by atoms with van der Waals surface area (Å²) in [7, 11) is 0. The largest absolute Gasteiger partial charge is 0.368 e. The molecule has 2 aromatic rings. The van der Waals surface area contributed by atoms with Crippen molar-refractivity contribution in [2.24, 2.45) is 0 Å². The van der Waals surface area contributed by atoms with Crippen LogP contribution in [0.4, 0.5) is 10.9 Å². The zero-order valence-corrected chi connectivity index (χ0v) is 10.7. The summed E-state index contributed by atoms with van der Waals surface area (Å²) in [6, 6.07) is 1.86. The van der Waals surface area contributed by atoms with Crippen molar-refractivity contribution in [3.8, 4) is 0 Å². The van der Waals surface area contributed by atoms with E-state index in [1.165, 1.54) is 0 Å². The fraction of sp³-hybridized carbons (Fsp3) is 0.364. The van der Waals surface area contributed by atoms with E-state index >= 15 is 0 Å². The predicted molar refractivity (Wildman–Crippen MR) is 70.6 cm³/mol. The van der Waals surface area contributed by atoms with Gasteiger partial charge in [0.25, 0.3) is 0 Å². The molecular formula is C11H15N5S. The number of rotatable bonds is 5. The Hall–Kier alpha value is -1.69. The summed E-state index contributed by atoms with van der Waals surface area (Å²) in [5, 5.41) is 9.47. The summed E-state index contributed by atoms with van der Waals surface area (Å²) in [5.74, 6) is 1.63. The van der Waals surface area contributed by atoms with Crippen LogP contribution < -0.4 is 10.6 Å². The summed E-state index contributed by atoms with van der Waals surface area (Å²) < 4.78 is 0. The van der Waals surface area contributed by atoms with Crippen molar-refractivity contribution in [1.29, 1.82) is 0 Å². The Morgan fingerprint density at radius 1 is 1.18 bits per heavy atom. The molecule has 0 radical (unpaired) electrons. The molecule has 0 spiro atoms. The number of nitrogens with zero attached hydrogens (tertiary/aromatic N) is 3. The van der Waals surface area contributed by atoms with Gasteiger partial charge in [-0.3, -0.25) is 0 Å². The van der Waals surface area contributed by atoms with Crippen molar-refractivity contribution >= 4 is 22.3 Å². The van der Waals surface area contributed by atoms with Crippen LogP contribution in [0.3, 0.4) is 0 Å². The Labute approximate surface area is 104 Å². The Morgan fingerprint density at radius 3 is 2.71 bits per heavy atom. The minimum Gasteiger partial charge on any atom is -0.368 e. The lowest BCUT2D eigenvalue weighted by molar-refractivity contribution is 1.01. The zero-order chi connectivity index (χ0) is 12.1. The fourth-order valence-electron chi connectivity index (χ4n) is 1.35. The Bertz CT molecular complexity index is 482. The zero-order valence-electron chi connectivity index (χ0n) is 9.90. The van der Waals surface area contributed by atoms with Crippen molar-refractivity contribution < 1.29 is 0 Å². The van der Waals surface area contributed by atoms with Crippen LogP contribution in [0.2, 0.25) is 0 Å². The van der Waals surface area contributed by atoms with E-state index in [0.717, 1.165) is 35.6 Å². The van der Waals surface area contributed by atoms with Crippen molar-refractivity contribution in [1.82, 2.24) is 15.0 Å². The van der Waals surface area contributed by atoms with E-state index < -0.39 is 0 Å². The van der Waals surface area contributed by atoms with Gasteiger partial charge in [-0.05, 0) is 19.9 Å². The molecule has 0 amide bonds. The first-order chi connectivity index (χ1) is 8.24. The van der Waals surface area contributed by atoms with Crippen LogP contribution in [-0.2, 0) is 0 Å². The Balaban J connectivity index is 1.73. The maximum Gasteiger partial charge on any atom is 0.182 e. The molecule has 2 N–H and O–H groups in total. The highest BCUT2D eigenvalue weighted by molar-refractivity contribution is 7.13. The van der Waals surface area contributed by atoms with Crippen molar-refractivity contribution in [3.63, 3.8) is 0 Å². The second kappa shape index (κ2) is 5.58. The molecule has 2 heterocycles. The van der Waals surface area contributed by atoms with Gasteiger partial charge < -0.3 is 10.6 Å². The lowest BCUT2D eigenvalue weighted by Crippen LogP contribution is -2.14. The maximum atomic E-state index is 4.32. The van der Waals surface area contributed by atoms with Crippen LogP contribution in [0.5, 0.6) is 0 Å². The SMILES string of the molecule is Cc1csc(NCCNc2ccnc(C)n2)n1. The average Bonchev–Trinajstić information content (AvgIpc) is 2.71. The third kappa shape index (κ3) is 3.67. The molecule has 90 valence electrons. The van der Waals surface area contributed by atoms with Crippen LogP contribution in [-0.4, -0.2) is 28.0 Å². The molecule has 0 aliphatic carbocycles. The van der Waals surface area contributed by atoms with Gasteiger partial charge in [-0.1, -0.05) is 0 Å². The third-order valence-electron chi connectivity index (χ3n) is 2.10. The monoisotopic (exact) mass is 249 g/mol. The average molecular weight is 249 g/mol. The van der Waals surface area contributed by atoms with Gasteiger partial charge in [0.15, 0.2) is 5.13 Å². The van der Waals surface area contributed by atoms with Crippen molar-refractivity contribution in [2.45, 2.75) is 13.8 Å². The summed E-state index contributed by atoms with van der Waals surface area (Å²) in [5.41, 5.74) is 1.05. The normalized spacial score (nSPS) is 10.2. The van der Waals surface area contributed by atoms with Gasteiger partial charge in [-0.2, -0.15) is 0 Å². The number of thiazole rings is 1. The second-order valence-corrected chi connectivity index (χ2v) is 4.49. The van der Waals surface area contributed by atoms with E-state index in [9.17, 15) is 0 Å².